The number of hydrogen-bond acceptors (Lipinski definition) is 4. The Labute approximate surface area is 101 Å². The van der Waals surface area contributed by atoms with Gasteiger partial charge in [-0.05, 0) is 19.9 Å². The van der Waals surface area contributed by atoms with Crippen LogP contribution < -0.4 is 5.73 Å². The van der Waals surface area contributed by atoms with Crippen LogP contribution in [-0.2, 0) is 9.53 Å². The Morgan fingerprint density at radius 1 is 1.60 bits per heavy atom. The summed E-state index contributed by atoms with van der Waals surface area (Å²) in [6.45, 7) is 0.876. The molecule has 2 unspecified atom stereocenters. The highest BCUT2D eigenvalue weighted by Gasteiger charge is 2.30. The van der Waals surface area contributed by atoms with Gasteiger partial charge in [-0.1, -0.05) is 0 Å². The summed E-state index contributed by atoms with van der Waals surface area (Å²) >= 11 is 9.53. The Morgan fingerprint density at radius 2 is 2.13 bits per heavy atom. The standard InChI is InChI=1S/C8H16N2O2.CH2Cl2/c1-10-4-3-6(9)5-7(10)8(11)12-2;2-1-3/h6-7H,3-5,9H2,1-2H3;1H2. The molecule has 1 rings (SSSR count). The number of methoxy groups -OCH3 is 1. The number of nitrogens with zero attached hydrogens (tertiary/aromatic N) is 1. The number of piperidine rings is 1. The summed E-state index contributed by atoms with van der Waals surface area (Å²) in [5.41, 5.74) is 5.75. The molecule has 0 aromatic carbocycles. The summed E-state index contributed by atoms with van der Waals surface area (Å²) in [4.78, 5) is 13.2. The van der Waals surface area contributed by atoms with Crippen LogP contribution in [0.15, 0.2) is 0 Å². The normalized spacial score (nSPS) is 26.5. The first kappa shape index (κ1) is 15.0. The third kappa shape index (κ3) is 5.56. The smallest absolute Gasteiger partial charge is 0.323 e. The fourth-order valence-corrected chi connectivity index (χ4v) is 1.52. The first-order valence-corrected chi connectivity index (χ1v) is 5.79. The number of hydrogen-bond donors (Lipinski definition) is 1. The van der Waals surface area contributed by atoms with Crippen molar-refractivity contribution in [1.29, 1.82) is 0 Å². The molecule has 4 nitrogen and oxygen atoms in total. The zero-order chi connectivity index (χ0) is 11.8. The van der Waals surface area contributed by atoms with Crippen molar-refractivity contribution in [3.63, 3.8) is 0 Å². The molecule has 0 aromatic rings. The molecule has 1 fully saturated rings. The molecule has 6 heteroatoms. The predicted molar refractivity (Wildman–Crippen MR) is 62.2 cm³/mol. The van der Waals surface area contributed by atoms with Crippen molar-refractivity contribution in [2.75, 3.05) is 26.0 Å². The Balaban J connectivity index is 0.000000583. The predicted octanol–water partition coefficient (Wildman–Crippen LogP) is 1.00. The second-order valence-electron chi connectivity index (χ2n) is 3.41. The molecular formula is C9H18Cl2N2O2. The van der Waals surface area contributed by atoms with Gasteiger partial charge in [-0.2, -0.15) is 0 Å². The van der Waals surface area contributed by atoms with Crippen molar-refractivity contribution >= 4 is 29.2 Å². The molecule has 0 saturated carbocycles. The van der Waals surface area contributed by atoms with Gasteiger partial charge in [0.1, 0.15) is 6.04 Å². The summed E-state index contributed by atoms with van der Waals surface area (Å²) in [6, 6.07) is 0.00375. The van der Waals surface area contributed by atoms with E-state index in [1.807, 2.05) is 11.9 Å². The van der Waals surface area contributed by atoms with Crippen molar-refractivity contribution < 1.29 is 9.53 Å². The highest BCUT2D eigenvalue weighted by Crippen LogP contribution is 2.15. The van der Waals surface area contributed by atoms with Gasteiger partial charge in [0.15, 0.2) is 0 Å². The third-order valence-electron chi connectivity index (χ3n) is 2.38. The molecule has 0 amide bonds. The van der Waals surface area contributed by atoms with Crippen LogP contribution in [-0.4, -0.2) is 49.0 Å². The number of likely N-dealkylation sites (N-methyl/N-ethyl adjacent to an activating group) is 1. The summed E-state index contributed by atoms with van der Waals surface area (Å²) in [5.74, 6) is -0.173. The number of halogens is 2. The van der Waals surface area contributed by atoms with Crippen LogP contribution in [0.25, 0.3) is 0 Å². The summed E-state index contributed by atoms with van der Waals surface area (Å²) in [5, 5.41) is 0.194. The maximum absolute atomic E-state index is 11.2. The number of nitrogens with two attached hydrogens (primary N) is 1. The third-order valence-corrected chi connectivity index (χ3v) is 2.38. The Morgan fingerprint density at radius 3 is 2.60 bits per heavy atom. The van der Waals surface area contributed by atoms with Gasteiger partial charge in [-0.25, -0.2) is 0 Å². The molecule has 0 spiro atoms. The van der Waals surface area contributed by atoms with Crippen LogP contribution in [0, 0.1) is 0 Å². The van der Waals surface area contributed by atoms with Crippen molar-refractivity contribution in [2.24, 2.45) is 5.73 Å². The molecular weight excluding hydrogens is 239 g/mol. The Hall–Kier alpha value is -0.0300. The van der Waals surface area contributed by atoms with Crippen LogP contribution in [0.4, 0.5) is 0 Å². The largest absolute Gasteiger partial charge is 0.468 e. The quantitative estimate of drug-likeness (QED) is 0.562. The molecule has 90 valence electrons. The lowest BCUT2D eigenvalue weighted by molar-refractivity contribution is -0.147. The van der Waals surface area contributed by atoms with E-state index in [2.05, 4.69) is 4.74 Å². The minimum Gasteiger partial charge on any atom is -0.468 e. The molecule has 2 atom stereocenters. The van der Waals surface area contributed by atoms with Gasteiger partial charge in [0.2, 0.25) is 0 Å². The highest BCUT2D eigenvalue weighted by molar-refractivity contribution is 6.40. The number of ether oxygens (including phenoxy) is 1. The molecule has 0 aromatic heterocycles. The fraction of sp³-hybridized carbons (Fsp3) is 0.889. The lowest BCUT2D eigenvalue weighted by Gasteiger charge is -2.33. The zero-order valence-electron chi connectivity index (χ0n) is 9.08. The number of alkyl halides is 2. The van der Waals surface area contributed by atoms with E-state index in [0.717, 1.165) is 13.0 Å². The van der Waals surface area contributed by atoms with E-state index < -0.39 is 0 Å². The average Bonchev–Trinajstić information content (AvgIpc) is 2.22. The maximum atomic E-state index is 11.2. The molecule has 1 aliphatic rings. The topological polar surface area (TPSA) is 55.6 Å². The summed E-state index contributed by atoms with van der Waals surface area (Å²) < 4.78 is 4.67. The molecule has 1 aliphatic heterocycles. The van der Waals surface area contributed by atoms with Crippen molar-refractivity contribution in [1.82, 2.24) is 4.90 Å². The van der Waals surface area contributed by atoms with E-state index in [1.165, 1.54) is 7.11 Å². The molecule has 0 radical (unpaired) electrons. The number of esters is 1. The van der Waals surface area contributed by atoms with E-state index in [0.29, 0.717) is 6.42 Å². The van der Waals surface area contributed by atoms with Crippen molar-refractivity contribution in [3.8, 4) is 0 Å². The van der Waals surface area contributed by atoms with Gasteiger partial charge >= 0.3 is 5.97 Å². The highest BCUT2D eigenvalue weighted by atomic mass is 35.5. The second-order valence-corrected chi connectivity index (χ2v) is 4.21. The minimum absolute atomic E-state index is 0.140. The Kier molecular flexibility index (Phi) is 8.14. The van der Waals surface area contributed by atoms with Gasteiger partial charge in [0, 0.05) is 12.6 Å². The number of rotatable bonds is 1. The van der Waals surface area contributed by atoms with E-state index in [9.17, 15) is 4.79 Å². The SMILES string of the molecule is COC(=O)C1CC(N)CCN1C.ClCCl. The molecule has 1 heterocycles. The van der Waals surface area contributed by atoms with Gasteiger partial charge in [0.05, 0.1) is 12.4 Å². The molecule has 0 bridgehead atoms. The first-order chi connectivity index (χ1) is 7.06. The first-order valence-electron chi connectivity index (χ1n) is 4.72. The van der Waals surface area contributed by atoms with E-state index in [1.54, 1.807) is 0 Å². The van der Waals surface area contributed by atoms with Gasteiger partial charge < -0.3 is 10.5 Å². The van der Waals surface area contributed by atoms with Gasteiger partial charge in [-0.3, -0.25) is 9.69 Å². The molecule has 0 aliphatic carbocycles. The monoisotopic (exact) mass is 256 g/mol. The van der Waals surface area contributed by atoms with Crippen molar-refractivity contribution in [3.05, 3.63) is 0 Å². The summed E-state index contributed by atoms with van der Waals surface area (Å²) in [7, 11) is 3.34. The second kappa shape index (κ2) is 8.16. The van der Waals surface area contributed by atoms with Crippen LogP contribution in [0.2, 0.25) is 0 Å². The lowest BCUT2D eigenvalue weighted by atomic mass is 9.99. The van der Waals surface area contributed by atoms with E-state index >= 15 is 0 Å². The van der Waals surface area contributed by atoms with E-state index in [4.69, 9.17) is 28.9 Å². The van der Waals surface area contributed by atoms with Crippen LogP contribution >= 0.6 is 23.2 Å². The summed E-state index contributed by atoms with van der Waals surface area (Å²) in [6.07, 6.45) is 1.67. The lowest BCUT2D eigenvalue weighted by Crippen LogP contribution is -2.49. The minimum atomic E-state index is -0.173. The molecule has 1 saturated heterocycles. The van der Waals surface area contributed by atoms with Crippen LogP contribution in [0.1, 0.15) is 12.8 Å². The maximum Gasteiger partial charge on any atom is 0.323 e. The van der Waals surface area contributed by atoms with Crippen LogP contribution in [0.3, 0.4) is 0 Å². The zero-order valence-corrected chi connectivity index (χ0v) is 10.6. The van der Waals surface area contributed by atoms with Crippen molar-refractivity contribution in [2.45, 2.75) is 24.9 Å². The van der Waals surface area contributed by atoms with Gasteiger partial charge in [-0.15, -0.1) is 23.2 Å². The molecule has 15 heavy (non-hydrogen) atoms. The van der Waals surface area contributed by atoms with Crippen LogP contribution in [0.5, 0.6) is 0 Å². The number of likely N-dealkylation sites (tertiary alicyclic amines) is 1. The van der Waals surface area contributed by atoms with E-state index in [-0.39, 0.29) is 23.4 Å². The van der Waals surface area contributed by atoms with Gasteiger partial charge in [0.25, 0.3) is 0 Å². The number of carbonyl (C=O) groups is 1. The fourth-order valence-electron chi connectivity index (χ4n) is 1.52. The molecule has 2 N–H and O–H groups in total. The average molecular weight is 257 g/mol. The number of carbonyl (C=O) groups excluding carboxylic acids is 1. The Bertz CT molecular complexity index is 193.